The van der Waals surface area contributed by atoms with Crippen LogP contribution in [-0.4, -0.2) is 42.1 Å². The van der Waals surface area contributed by atoms with E-state index in [1.165, 1.54) is 0 Å². The van der Waals surface area contributed by atoms with Gasteiger partial charge in [-0.15, -0.1) is 0 Å². The van der Waals surface area contributed by atoms with Crippen molar-refractivity contribution in [3.05, 3.63) is 81.5 Å². The van der Waals surface area contributed by atoms with E-state index in [1.807, 2.05) is 66.4 Å². The monoisotopic (exact) mass is 477 g/mol. The molecule has 0 fully saturated rings. The second-order valence-corrected chi connectivity index (χ2v) is 9.20. The Morgan fingerprint density at radius 3 is 2.52 bits per heavy atom. The minimum atomic E-state index is -1.03. The molecular formula is C25H28LiNO4S2. The van der Waals surface area contributed by atoms with Crippen LogP contribution in [0.1, 0.15) is 41.0 Å². The van der Waals surface area contributed by atoms with Crippen LogP contribution >= 0.6 is 23.1 Å². The van der Waals surface area contributed by atoms with Crippen LogP contribution in [0.15, 0.2) is 59.3 Å². The molecule has 2 atom stereocenters. The molecule has 0 saturated heterocycles. The summed E-state index contributed by atoms with van der Waals surface area (Å²) >= 11 is 3.15. The molecule has 1 heterocycles. The predicted molar refractivity (Wildman–Crippen MR) is 133 cm³/mol. The summed E-state index contributed by atoms with van der Waals surface area (Å²) in [6.45, 7) is 1.99. The molecule has 0 aliphatic carbocycles. The first-order valence-corrected chi connectivity index (χ1v) is 12.6. The molecule has 8 heteroatoms. The van der Waals surface area contributed by atoms with Crippen LogP contribution in [0.2, 0.25) is 0 Å². The summed E-state index contributed by atoms with van der Waals surface area (Å²) < 4.78 is 5.77. The van der Waals surface area contributed by atoms with Gasteiger partial charge in [-0.1, -0.05) is 30.3 Å². The van der Waals surface area contributed by atoms with E-state index in [4.69, 9.17) is 4.74 Å². The molecule has 5 nitrogen and oxygen atoms in total. The number of nitrogens with one attached hydrogen (secondary N) is 1. The van der Waals surface area contributed by atoms with Gasteiger partial charge in [0, 0.05) is 12.7 Å². The SMILES string of the molecule is COC(c1ccsc1)c1ccc(C(=O)NC(CCSC)C(=O)O)c(-c2ccccc2C)c1.[H-].[Li+]. The number of hydrogen-bond acceptors (Lipinski definition) is 5. The van der Waals surface area contributed by atoms with Crippen molar-refractivity contribution in [3.8, 4) is 11.1 Å². The zero-order valence-corrected chi connectivity index (χ0v) is 21.0. The Labute approximate surface area is 216 Å². The van der Waals surface area contributed by atoms with Gasteiger partial charge in [-0.25, -0.2) is 4.79 Å². The number of benzene rings is 2. The largest absolute Gasteiger partial charge is 1.00 e. The molecule has 0 radical (unpaired) electrons. The van der Waals surface area contributed by atoms with Crippen molar-refractivity contribution < 1.29 is 39.7 Å². The number of methoxy groups -OCH3 is 1. The summed E-state index contributed by atoms with van der Waals surface area (Å²) in [6.07, 6.45) is 2.02. The van der Waals surface area contributed by atoms with Crippen molar-refractivity contribution in [2.75, 3.05) is 19.1 Å². The average molecular weight is 478 g/mol. The molecule has 33 heavy (non-hydrogen) atoms. The molecule has 170 valence electrons. The molecule has 2 N–H and O–H groups in total. The topological polar surface area (TPSA) is 75.6 Å². The summed E-state index contributed by atoms with van der Waals surface area (Å²) in [7, 11) is 1.67. The van der Waals surface area contributed by atoms with Crippen LogP contribution in [0.5, 0.6) is 0 Å². The van der Waals surface area contributed by atoms with Crippen molar-refractivity contribution in [1.82, 2.24) is 5.32 Å². The number of thiophene rings is 1. The first-order valence-electron chi connectivity index (χ1n) is 10.2. The summed E-state index contributed by atoms with van der Waals surface area (Å²) in [6, 6.07) is 14.6. The van der Waals surface area contributed by atoms with Gasteiger partial charge >= 0.3 is 24.8 Å². The molecule has 0 bridgehead atoms. The van der Waals surface area contributed by atoms with Gasteiger partial charge in [-0.3, -0.25) is 4.79 Å². The minimum Gasteiger partial charge on any atom is -1.00 e. The van der Waals surface area contributed by atoms with Gasteiger partial charge in [0.2, 0.25) is 0 Å². The van der Waals surface area contributed by atoms with E-state index in [1.54, 1.807) is 36.3 Å². The maximum absolute atomic E-state index is 13.2. The fraction of sp³-hybridized carbons (Fsp3) is 0.280. The van der Waals surface area contributed by atoms with Gasteiger partial charge in [0.25, 0.3) is 5.91 Å². The van der Waals surface area contributed by atoms with Crippen molar-refractivity contribution in [1.29, 1.82) is 0 Å². The molecule has 0 spiro atoms. The molecule has 0 aliphatic rings. The van der Waals surface area contributed by atoms with Crippen molar-refractivity contribution in [2.24, 2.45) is 0 Å². The third kappa shape index (κ3) is 6.75. The fourth-order valence-corrected chi connectivity index (χ4v) is 4.78. The number of ether oxygens (including phenoxy) is 1. The third-order valence-corrected chi connectivity index (χ3v) is 6.67. The molecule has 0 aliphatic heterocycles. The van der Waals surface area contributed by atoms with E-state index in [0.717, 1.165) is 27.8 Å². The standard InChI is InChI=1S/C25H27NO4S2.Li.H/c1-16-6-4-5-7-19(16)21-14-17(23(30-2)18-10-13-32-15-18)8-9-20(21)24(27)26-22(25(28)29)11-12-31-3;;/h4-10,13-15,22-23H,11-12H2,1-3H3,(H,26,27)(H,28,29);;/q;+1;-1. The number of carbonyl (C=O) groups excluding carboxylic acids is 1. The average Bonchev–Trinajstić information content (AvgIpc) is 3.31. The van der Waals surface area contributed by atoms with E-state index < -0.39 is 17.9 Å². The molecule has 3 rings (SSSR count). The summed E-state index contributed by atoms with van der Waals surface area (Å²) in [5.41, 5.74) is 5.13. The molecule has 1 aromatic heterocycles. The van der Waals surface area contributed by atoms with Crippen LogP contribution in [0.4, 0.5) is 0 Å². The second kappa shape index (κ2) is 13.0. The number of rotatable bonds is 10. The van der Waals surface area contributed by atoms with Crippen molar-refractivity contribution >= 4 is 35.0 Å². The Morgan fingerprint density at radius 2 is 1.91 bits per heavy atom. The molecule has 0 saturated carbocycles. The summed E-state index contributed by atoms with van der Waals surface area (Å²) in [5, 5.41) is 16.3. The van der Waals surface area contributed by atoms with Gasteiger partial charge in [0.05, 0.1) is 0 Å². The molecule has 1 amide bonds. The van der Waals surface area contributed by atoms with Gasteiger partial charge in [-0.05, 0) is 82.1 Å². The first kappa shape index (κ1) is 27.2. The minimum absolute atomic E-state index is 0. The number of carboxylic acids is 1. The maximum Gasteiger partial charge on any atom is 1.00 e. The summed E-state index contributed by atoms with van der Waals surface area (Å²) in [4.78, 5) is 24.9. The molecule has 2 aromatic carbocycles. The fourth-order valence-electron chi connectivity index (χ4n) is 3.64. The Hall–Kier alpha value is -2.01. The number of aryl methyl sites for hydroxylation is 1. The van der Waals surface area contributed by atoms with Crippen LogP contribution in [0.3, 0.4) is 0 Å². The van der Waals surface area contributed by atoms with Crippen molar-refractivity contribution in [3.63, 3.8) is 0 Å². The zero-order chi connectivity index (χ0) is 23.1. The Kier molecular flexibility index (Phi) is 10.7. The number of carboxylic acid groups (broad SMARTS) is 1. The number of hydrogen-bond donors (Lipinski definition) is 2. The Bertz CT molecular complexity index is 1080. The van der Waals surface area contributed by atoms with Crippen LogP contribution < -0.4 is 24.2 Å². The quantitative estimate of drug-likeness (QED) is 0.439. The maximum atomic E-state index is 13.2. The van der Waals surface area contributed by atoms with E-state index in [2.05, 4.69) is 5.32 Å². The van der Waals surface area contributed by atoms with Gasteiger partial charge in [0.15, 0.2) is 0 Å². The van der Waals surface area contributed by atoms with E-state index in [9.17, 15) is 14.7 Å². The van der Waals surface area contributed by atoms with Gasteiger partial charge in [-0.2, -0.15) is 23.1 Å². The molecule has 3 aromatic rings. The number of aliphatic carboxylic acids is 1. The molecular weight excluding hydrogens is 449 g/mol. The van der Waals surface area contributed by atoms with E-state index in [-0.39, 0.29) is 26.4 Å². The third-order valence-electron chi connectivity index (χ3n) is 5.32. The van der Waals surface area contributed by atoms with Crippen molar-refractivity contribution in [2.45, 2.75) is 25.5 Å². The van der Waals surface area contributed by atoms with Crippen LogP contribution in [0, 0.1) is 6.92 Å². The Morgan fingerprint density at radius 1 is 1.15 bits per heavy atom. The zero-order valence-electron chi connectivity index (χ0n) is 20.3. The number of carbonyl (C=O) groups is 2. The second-order valence-electron chi connectivity index (χ2n) is 7.44. The first-order chi connectivity index (χ1) is 15.5. The Balaban J connectivity index is 0.00000289. The number of thioether (sulfide) groups is 1. The van der Waals surface area contributed by atoms with Gasteiger partial charge in [0.1, 0.15) is 12.1 Å². The normalized spacial score (nSPS) is 12.5. The van der Waals surface area contributed by atoms with Gasteiger partial charge < -0.3 is 16.6 Å². The van der Waals surface area contributed by atoms with Crippen LogP contribution in [0.25, 0.3) is 11.1 Å². The summed E-state index contributed by atoms with van der Waals surface area (Å²) in [5.74, 6) is -0.775. The molecule has 2 unspecified atom stereocenters. The van der Waals surface area contributed by atoms with E-state index >= 15 is 0 Å². The predicted octanol–water partition coefficient (Wildman–Crippen LogP) is 2.51. The smallest absolute Gasteiger partial charge is 1.00 e. The number of amides is 1. The van der Waals surface area contributed by atoms with Crippen LogP contribution in [-0.2, 0) is 9.53 Å². The van der Waals surface area contributed by atoms with E-state index in [0.29, 0.717) is 17.7 Å².